The lowest BCUT2D eigenvalue weighted by molar-refractivity contribution is -0.150. The largest absolute Gasteiger partial charge is 0.481 e. The summed E-state index contributed by atoms with van der Waals surface area (Å²) >= 11 is 0. The third-order valence-corrected chi connectivity index (χ3v) is 3.64. The van der Waals surface area contributed by atoms with Crippen LogP contribution >= 0.6 is 0 Å². The summed E-state index contributed by atoms with van der Waals surface area (Å²) in [6.45, 7) is 2.30. The maximum absolute atomic E-state index is 11.5. The zero-order valence-electron chi connectivity index (χ0n) is 10.6. The average Bonchev–Trinajstić information content (AvgIpc) is 2.37. The average molecular weight is 249 g/mol. The van der Waals surface area contributed by atoms with E-state index >= 15 is 0 Å². The number of aryl methyl sites for hydroxylation is 1. The Morgan fingerprint density at radius 3 is 2.78 bits per heavy atom. The highest BCUT2D eigenvalue weighted by atomic mass is 16.4. The van der Waals surface area contributed by atoms with Crippen molar-refractivity contribution in [2.75, 3.05) is 11.9 Å². The second-order valence-corrected chi connectivity index (χ2v) is 5.02. The number of hydrogen-bond acceptors (Lipinski definition) is 4. The van der Waals surface area contributed by atoms with Gasteiger partial charge in [-0.3, -0.25) is 4.79 Å². The van der Waals surface area contributed by atoms with Gasteiger partial charge in [-0.2, -0.15) is 0 Å². The molecule has 1 fully saturated rings. The van der Waals surface area contributed by atoms with Crippen molar-refractivity contribution in [2.24, 2.45) is 5.41 Å². The zero-order chi connectivity index (χ0) is 13.0. The standard InChI is InChI=1S/C13H19N3O2/c1-10-5-8-14-12(16-10)15-9-13(11(17)18)6-3-2-4-7-13/h5,8H,2-4,6-7,9H2,1H3,(H,17,18)(H,14,15,16). The van der Waals surface area contributed by atoms with E-state index in [1.807, 2.05) is 13.0 Å². The molecule has 98 valence electrons. The molecule has 0 aliphatic heterocycles. The molecule has 1 saturated carbocycles. The third-order valence-electron chi connectivity index (χ3n) is 3.64. The molecule has 2 N–H and O–H groups in total. The number of nitrogens with one attached hydrogen (secondary N) is 1. The van der Waals surface area contributed by atoms with Crippen LogP contribution in [0, 0.1) is 12.3 Å². The monoisotopic (exact) mass is 249 g/mol. The number of anilines is 1. The van der Waals surface area contributed by atoms with Crippen LogP contribution in [0.5, 0.6) is 0 Å². The summed E-state index contributed by atoms with van der Waals surface area (Å²) in [5.74, 6) is -0.191. The molecule has 0 unspecified atom stereocenters. The normalized spacial score (nSPS) is 18.3. The quantitative estimate of drug-likeness (QED) is 0.855. The Bertz CT molecular complexity index is 428. The fourth-order valence-corrected chi connectivity index (χ4v) is 2.48. The molecule has 2 rings (SSSR count). The molecular formula is C13H19N3O2. The highest BCUT2D eigenvalue weighted by Crippen LogP contribution is 2.36. The lowest BCUT2D eigenvalue weighted by atomic mass is 9.74. The lowest BCUT2D eigenvalue weighted by Crippen LogP contribution is -2.40. The van der Waals surface area contributed by atoms with E-state index in [1.165, 1.54) is 0 Å². The van der Waals surface area contributed by atoms with Crippen LogP contribution in [0.4, 0.5) is 5.95 Å². The van der Waals surface area contributed by atoms with Gasteiger partial charge in [-0.05, 0) is 25.8 Å². The van der Waals surface area contributed by atoms with Gasteiger partial charge in [0.25, 0.3) is 0 Å². The van der Waals surface area contributed by atoms with E-state index in [9.17, 15) is 9.90 Å². The van der Waals surface area contributed by atoms with Gasteiger partial charge in [0.15, 0.2) is 0 Å². The number of hydrogen-bond donors (Lipinski definition) is 2. The molecule has 0 bridgehead atoms. The van der Waals surface area contributed by atoms with Crippen molar-refractivity contribution in [3.63, 3.8) is 0 Å². The molecule has 1 aromatic rings. The van der Waals surface area contributed by atoms with Gasteiger partial charge >= 0.3 is 5.97 Å². The maximum atomic E-state index is 11.5. The topological polar surface area (TPSA) is 75.1 Å². The van der Waals surface area contributed by atoms with E-state index in [-0.39, 0.29) is 0 Å². The number of carbonyl (C=O) groups is 1. The first-order chi connectivity index (χ1) is 8.62. The molecule has 18 heavy (non-hydrogen) atoms. The van der Waals surface area contributed by atoms with Gasteiger partial charge in [0.05, 0.1) is 5.41 Å². The minimum atomic E-state index is -0.706. The molecule has 1 aromatic heterocycles. The lowest BCUT2D eigenvalue weighted by Gasteiger charge is -2.33. The summed E-state index contributed by atoms with van der Waals surface area (Å²) in [7, 11) is 0. The molecule has 0 amide bonds. The van der Waals surface area contributed by atoms with Crippen LogP contribution in [-0.4, -0.2) is 27.6 Å². The minimum Gasteiger partial charge on any atom is -0.481 e. The summed E-state index contributed by atoms with van der Waals surface area (Å²) in [6.07, 6.45) is 6.27. The fraction of sp³-hybridized carbons (Fsp3) is 0.615. The third kappa shape index (κ3) is 2.78. The molecule has 0 saturated heterocycles. The van der Waals surface area contributed by atoms with Crippen LogP contribution in [0.25, 0.3) is 0 Å². The molecule has 5 nitrogen and oxygen atoms in total. The Morgan fingerprint density at radius 2 is 2.17 bits per heavy atom. The van der Waals surface area contributed by atoms with Gasteiger partial charge in [-0.15, -0.1) is 0 Å². The van der Waals surface area contributed by atoms with Gasteiger partial charge < -0.3 is 10.4 Å². The van der Waals surface area contributed by atoms with Crippen LogP contribution in [0.3, 0.4) is 0 Å². The highest BCUT2D eigenvalue weighted by Gasteiger charge is 2.39. The Balaban J connectivity index is 2.04. The Labute approximate surface area is 107 Å². The van der Waals surface area contributed by atoms with E-state index < -0.39 is 11.4 Å². The van der Waals surface area contributed by atoms with Crippen molar-refractivity contribution in [3.05, 3.63) is 18.0 Å². The van der Waals surface area contributed by atoms with Gasteiger partial charge in [0, 0.05) is 18.4 Å². The first-order valence-corrected chi connectivity index (χ1v) is 6.39. The predicted molar refractivity (Wildman–Crippen MR) is 68.4 cm³/mol. The molecule has 1 aliphatic carbocycles. The van der Waals surface area contributed by atoms with E-state index in [4.69, 9.17) is 0 Å². The fourth-order valence-electron chi connectivity index (χ4n) is 2.48. The first-order valence-electron chi connectivity index (χ1n) is 6.39. The summed E-state index contributed by atoms with van der Waals surface area (Å²) in [5, 5.41) is 12.5. The van der Waals surface area contributed by atoms with Crippen LogP contribution in [0.1, 0.15) is 37.8 Å². The minimum absolute atomic E-state index is 0.409. The first kappa shape index (κ1) is 12.8. The molecule has 0 atom stereocenters. The van der Waals surface area contributed by atoms with Gasteiger partial charge in [-0.1, -0.05) is 19.3 Å². The maximum Gasteiger partial charge on any atom is 0.311 e. The second-order valence-electron chi connectivity index (χ2n) is 5.02. The molecule has 1 heterocycles. The summed E-state index contributed by atoms with van der Waals surface area (Å²) < 4.78 is 0. The van der Waals surface area contributed by atoms with Crippen molar-refractivity contribution in [2.45, 2.75) is 39.0 Å². The molecule has 5 heteroatoms. The van der Waals surface area contributed by atoms with Crippen LogP contribution < -0.4 is 5.32 Å². The Morgan fingerprint density at radius 1 is 1.44 bits per heavy atom. The molecule has 0 aromatic carbocycles. The number of nitrogens with zero attached hydrogens (tertiary/aromatic N) is 2. The number of aromatic nitrogens is 2. The molecule has 0 radical (unpaired) electrons. The SMILES string of the molecule is Cc1ccnc(NCC2(C(=O)O)CCCCC2)n1. The van der Waals surface area contributed by atoms with Crippen molar-refractivity contribution in [1.29, 1.82) is 0 Å². The van der Waals surface area contributed by atoms with Crippen LogP contribution in [0.2, 0.25) is 0 Å². The molecule has 0 spiro atoms. The summed E-state index contributed by atoms with van der Waals surface area (Å²) in [4.78, 5) is 19.8. The van der Waals surface area contributed by atoms with Crippen LogP contribution in [0.15, 0.2) is 12.3 Å². The zero-order valence-corrected chi connectivity index (χ0v) is 10.6. The van der Waals surface area contributed by atoms with E-state index in [0.29, 0.717) is 12.5 Å². The number of rotatable bonds is 4. The molecule has 1 aliphatic rings. The van der Waals surface area contributed by atoms with Gasteiger partial charge in [0.2, 0.25) is 5.95 Å². The predicted octanol–water partition coefficient (Wildman–Crippen LogP) is 2.23. The van der Waals surface area contributed by atoms with Gasteiger partial charge in [-0.25, -0.2) is 9.97 Å². The van der Waals surface area contributed by atoms with E-state index in [1.54, 1.807) is 6.20 Å². The van der Waals surface area contributed by atoms with Crippen molar-refractivity contribution >= 4 is 11.9 Å². The summed E-state index contributed by atoms with van der Waals surface area (Å²) in [5.41, 5.74) is 0.228. The smallest absolute Gasteiger partial charge is 0.311 e. The van der Waals surface area contributed by atoms with Crippen molar-refractivity contribution < 1.29 is 9.90 Å². The Kier molecular flexibility index (Phi) is 3.79. The highest BCUT2D eigenvalue weighted by molar-refractivity contribution is 5.75. The Hall–Kier alpha value is -1.65. The number of carboxylic acids is 1. The van der Waals surface area contributed by atoms with Crippen molar-refractivity contribution in [3.8, 4) is 0 Å². The number of aliphatic carboxylic acids is 1. The number of carboxylic acid groups (broad SMARTS) is 1. The van der Waals surface area contributed by atoms with Crippen LogP contribution in [-0.2, 0) is 4.79 Å². The molecular weight excluding hydrogens is 230 g/mol. The second kappa shape index (κ2) is 5.33. The van der Waals surface area contributed by atoms with Gasteiger partial charge in [0.1, 0.15) is 0 Å². The summed E-state index contributed by atoms with van der Waals surface area (Å²) in [6, 6.07) is 1.82. The van der Waals surface area contributed by atoms with E-state index in [0.717, 1.165) is 37.8 Å². The van der Waals surface area contributed by atoms with Crippen molar-refractivity contribution in [1.82, 2.24) is 9.97 Å². The van der Waals surface area contributed by atoms with E-state index in [2.05, 4.69) is 15.3 Å².